The van der Waals surface area contributed by atoms with Gasteiger partial charge in [-0.3, -0.25) is 4.99 Å². The van der Waals surface area contributed by atoms with Gasteiger partial charge in [-0.15, -0.1) is 0 Å². The van der Waals surface area contributed by atoms with Crippen LogP contribution in [0.25, 0.3) is 0 Å². The SMILES string of the molecule is CN=C(NCCOCc1ccccc1)NC1CC1c1ccccc1F. The molecule has 0 aliphatic heterocycles. The van der Waals surface area contributed by atoms with Gasteiger partial charge in [-0.05, 0) is 23.6 Å². The minimum absolute atomic E-state index is 0.131. The lowest BCUT2D eigenvalue weighted by Crippen LogP contribution is -2.40. The lowest BCUT2D eigenvalue weighted by molar-refractivity contribution is 0.125. The number of halogens is 1. The Morgan fingerprint density at radius 2 is 1.92 bits per heavy atom. The van der Waals surface area contributed by atoms with Crippen LogP contribution in [0.15, 0.2) is 59.6 Å². The molecule has 5 heteroatoms. The molecule has 0 bridgehead atoms. The van der Waals surface area contributed by atoms with Crippen molar-refractivity contribution in [2.75, 3.05) is 20.2 Å². The van der Waals surface area contributed by atoms with Crippen molar-refractivity contribution < 1.29 is 9.13 Å². The van der Waals surface area contributed by atoms with E-state index in [4.69, 9.17) is 4.74 Å². The van der Waals surface area contributed by atoms with Crippen LogP contribution in [-0.2, 0) is 11.3 Å². The highest BCUT2D eigenvalue weighted by Gasteiger charge is 2.40. The van der Waals surface area contributed by atoms with Crippen molar-refractivity contribution >= 4 is 5.96 Å². The normalized spacial score (nSPS) is 19.5. The second kappa shape index (κ2) is 8.62. The average molecular weight is 341 g/mol. The van der Waals surface area contributed by atoms with Crippen molar-refractivity contribution in [3.63, 3.8) is 0 Å². The number of aliphatic imine (C=N–C) groups is 1. The average Bonchev–Trinajstić information content (AvgIpc) is 3.40. The lowest BCUT2D eigenvalue weighted by atomic mass is 10.1. The maximum atomic E-state index is 13.8. The predicted octanol–water partition coefficient (Wildman–Crippen LogP) is 3.06. The molecule has 2 N–H and O–H groups in total. The summed E-state index contributed by atoms with van der Waals surface area (Å²) in [4.78, 5) is 4.22. The second-order valence-corrected chi connectivity index (χ2v) is 6.15. The van der Waals surface area contributed by atoms with Crippen molar-refractivity contribution in [2.24, 2.45) is 4.99 Å². The van der Waals surface area contributed by atoms with E-state index in [1.54, 1.807) is 13.1 Å². The molecule has 1 aliphatic rings. The van der Waals surface area contributed by atoms with E-state index in [1.165, 1.54) is 6.07 Å². The third-order valence-electron chi connectivity index (χ3n) is 4.29. The van der Waals surface area contributed by atoms with Crippen molar-refractivity contribution in [3.8, 4) is 0 Å². The summed E-state index contributed by atoms with van der Waals surface area (Å²) < 4.78 is 19.5. The van der Waals surface area contributed by atoms with E-state index in [1.807, 2.05) is 42.5 Å². The van der Waals surface area contributed by atoms with Crippen LogP contribution in [0.2, 0.25) is 0 Å². The maximum Gasteiger partial charge on any atom is 0.191 e. The summed E-state index contributed by atoms with van der Waals surface area (Å²) in [5.41, 5.74) is 1.94. The maximum absolute atomic E-state index is 13.8. The number of nitrogens with one attached hydrogen (secondary N) is 2. The second-order valence-electron chi connectivity index (χ2n) is 6.15. The number of hydrogen-bond acceptors (Lipinski definition) is 2. The molecule has 0 aromatic heterocycles. The number of hydrogen-bond donors (Lipinski definition) is 2. The Morgan fingerprint density at radius 3 is 2.68 bits per heavy atom. The molecule has 4 nitrogen and oxygen atoms in total. The third kappa shape index (κ3) is 5.03. The Labute approximate surface area is 148 Å². The zero-order chi connectivity index (χ0) is 17.5. The van der Waals surface area contributed by atoms with Gasteiger partial charge in [-0.2, -0.15) is 0 Å². The van der Waals surface area contributed by atoms with E-state index >= 15 is 0 Å². The number of benzene rings is 2. The molecule has 0 heterocycles. The fraction of sp³-hybridized carbons (Fsp3) is 0.350. The van der Waals surface area contributed by atoms with Gasteiger partial charge in [-0.25, -0.2) is 4.39 Å². The molecule has 2 atom stereocenters. The fourth-order valence-electron chi connectivity index (χ4n) is 2.85. The molecule has 0 radical (unpaired) electrons. The summed E-state index contributed by atoms with van der Waals surface area (Å²) in [6.45, 7) is 1.87. The van der Waals surface area contributed by atoms with Crippen molar-refractivity contribution in [3.05, 3.63) is 71.5 Å². The van der Waals surface area contributed by atoms with Gasteiger partial charge in [0.15, 0.2) is 5.96 Å². The number of ether oxygens (including phenoxy) is 1. The van der Waals surface area contributed by atoms with E-state index < -0.39 is 0 Å². The lowest BCUT2D eigenvalue weighted by Gasteiger charge is -2.12. The van der Waals surface area contributed by atoms with Crippen molar-refractivity contribution in [1.29, 1.82) is 0 Å². The first-order valence-corrected chi connectivity index (χ1v) is 8.61. The first-order valence-electron chi connectivity index (χ1n) is 8.61. The molecule has 132 valence electrons. The van der Waals surface area contributed by atoms with Gasteiger partial charge in [0.2, 0.25) is 0 Å². The summed E-state index contributed by atoms with van der Waals surface area (Å²) in [7, 11) is 1.74. The molecule has 2 aromatic carbocycles. The monoisotopic (exact) mass is 341 g/mol. The molecular formula is C20H24FN3O. The van der Waals surface area contributed by atoms with Gasteiger partial charge in [0.05, 0.1) is 13.2 Å². The first-order chi connectivity index (χ1) is 12.3. The Kier molecular flexibility index (Phi) is 6.01. The molecule has 0 amide bonds. The first kappa shape index (κ1) is 17.4. The Balaban J connectivity index is 1.36. The standard InChI is InChI=1S/C20H24FN3O/c1-22-20(23-11-12-25-14-15-7-3-2-4-8-15)24-19-13-17(19)16-9-5-6-10-18(16)21/h2-10,17,19H,11-14H2,1H3,(H2,22,23,24). The van der Waals surface area contributed by atoms with Crippen LogP contribution in [0.4, 0.5) is 4.39 Å². The summed E-state index contributed by atoms with van der Waals surface area (Å²) in [6.07, 6.45) is 0.923. The third-order valence-corrected chi connectivity index (χ3v) is 4.29. The largest absolute Gasteiger partial charge is 0.375 e. The van der Waals surface area contributed by atoms with Gasteiger partial charge in [0.1, 0.15) is 5.82 Å². The smallest absolute Gasteiger partial charge is 0.191 e. The zero-order valence-corrected chi connectivity index (χ0v) is 14.4. The molecule has 0 spiro atoms. The Bertz CT molecular complexity index is 705. The van der Waals surface area contributed by atoms with E-state index in [2.05, 4.69) is 15.6 Å². The Hall–Kier alpha value is -2.40. The van der Waals surface area contributed by atoms with Gasteiger partial charge >= 0.3 is 0 Å². The van der Waals surface area contributed by atoms with Crippen molar-refractivity contribution in [1.82, 2.24) is 10.6 Å². The van der Waals surface area contributed by atoms with Crippen LogP contribution in [0.1, 0.15) is 23.5 Å². The molecule has 25 heavy (non-hydrogen) atoms. The highest BCUT2D eigenvalue weighted by atomic mass is 19.1. The molecule has 0 saturated heterocycles. The minimum Gasteiger partial charge on any atom is -0.375 e. The topological polar surface area (TPSA) is 45.7 Å². The van der Waals surface area contributed by atoms with Gasteiger partial charge in [0, 0.05) is 25.6 Å². The fourth-order valence-corrected chi connectivity index (χ4v) is 2.85. The van der Waals surface area contributed by atoms with E-state index in [-0.39, 0.29) is 17.8 Å². The minimum atomic E-state index is -0.131. The van der Waals surface area contributed by atoms with E-state index in [0.29, 0.717) is 19.8 Å². The summed E-state index contributed by atoms with van der Waals surface area (Å²) >= 11 is 0. The van der Waals surface area contributed by atoms with Crippen LogP contribution in [0, 0.1) is 5.82 Å². The van der Waals surface area contributed by atoms with Crippen LogP contribution < -0.4 is 10.6 Å². The highest BCUT2D eigenvalue weighted by Crippen LogP contribution is 2.41. The van der Waals surface area contributed by atoms with Crippen LogP contribution >= 0.6 is 0 Å². The molecule has 1 saturated carbocycles. The number of guanidine groups is 1. The van der Waals surface area contributed by atoms with E-state index in [0.717, 1.165) is 23.5 Å². The van der Waals surface area contributed by atoms with Crippen molar-refractivity contribution in [2.45, 2.75) is 25.0 Å². The molecule has 1 aliphatic carbocycles. The van der Waals surface area contributed by atoms with Gasteiger partial charge in [-0.1, -0.05) is 48.5 Å². The quantitative estimate of drug-likeness (QED) is 0.462. The van der Waals surface area contributed by atoms with Gasteiger partial charge < -0.3 is 15.4 Å². The van der Waals surface area contributed by atoms with Crippen LogP contribution in [-0.4, -0.2) is 32.2 Å². The number of rotatable bonds is 7. The number of nitrogens with zero attached hydrogens (tertiary/aromatic N) is 1. The van der Waals surface area contributed by atoms with E-state index in [9.17, 15) is 4.39 Å². The molecule has 1 fully saturated rings. The zero-order valence-electron chi connectivity index (χ0n) is 14.4. The van der Waals surface area contributed by atoms with Gasteiger partial charge in [0.25, 0.3) is 0 Å². The molecule has 3 rings (SSSR count). The highest BCUT2D eigenvalue weighted by molar-refractivity contribution is 5.80. The predicted molar refractivity (Wildman–Crippen MR) is 98.1 cm³/mol. The Morgan fingerprint density at radius 1 is 1.16 bits per heavy atom. The molecule has 2 unspecified atom stereocenters. The summed E-state index contributed by atoms with van der Waals surface area (Å²) in [5, 5.41) is 6.58. The summed E-state index contributed by atoms with van der Waals surface area (Å²) in [5.74, 6) is 0.815. The summed E-state index contributed by atoms with van der Waals surface area (Å²) in [6, 6.07) is 17.3. The molecular weight excluding hydrogens is 317 g/mol. The van der Waals surface area contributed by atoms with Crippen LogP contribution in [0.3, 0.4) is 0 Å². The molecule has 2 aromatic rings. The van der Waals surface area contributed by atoms with Crippen LogP contribution in [0.5, 0.6) is 0 Å².